The third kappa shape index (κ3) is 12.3. The molecule has 0 atom stereocenters. The summed E-state index contributed by atoms with van der Waals surface area (Å²) in [6, 6.07) is 0. The SMILES string of the molecule is CCOCCN(CCCCCCN)CCOCC. The first-order valence-electron chi connectivity index (χ1n) is 7.43. The second kappa shape index (κ2) is 14.9. The number of ether oxygens (including phenoxy) is 2. The number of hydrogen-bond donors (Lipinski definition) is 1. The van der Waals surface area contributed by atoms with Crippen LogP contribution in [0.15, 0.2) is 0 Å². The molecule has 4 nitrogen and oxygen atoms in total. The van der Waals surface area contributed by atoms with Gasteiger partial charge in [-0.05, 0) is 39.8 Å². The Hall–Kier alpha value is -0.160. The van der Waals surface area contributed by atoms with E-state index in [9.17, 15) is 0 Å². The monoisotopic (exact) mass is 260 g/mol. The van der Waals surface area contributed by atoms with Crippen molar-refractivity contribution in [2.75, 3.05) is 52.6 Å². The molecule has 0 aromatic rings. The number of hydrogen-bond acceptors (Lipinski definition) is 4. The third-order valence-corrected chi connectivity index (χ3v) is 2.94. The molecule has 0 unspecified atom stereocenters. The van der Waals surface area contributed by atoms with Gasteiger partial charge in [0.25, 0.3) is 0 Å². The van der Waals surface area contributed by atoms with Crippen molar-refractivity contribution in [3.8, 4) is 0 Å². The molecule has 0 aromatic carbocycles. The summed E-state index contributed by atoms with van der Waals surface area (Å²) in [5.41, 5.74) is 5.49. The number of nitrogens with zero attached hydrogens (tertiary/aromatic N) is 1. The number of unbranched alkanes of at least 4 members (excludes halogenated alkanes) is 3. The Morgan fingerprint density at radius 3 is 1.83 bits per heavy atom. The molecule has 0 saturated heterocycles. The van der Waals surface area contributed by atoms with Gasteiger partial charge in [0.1, 0.15) is 0 Å². The predicted octanol–water partition coefficient (Wildman–Crippen LogP) is 1.88. The van der Waals surface area contributed by atoms with Crippen LogP contribution in [0.5, 0.6) is 0 Å². The van der Waals surface area contributed by atoms with Gasteiger partial charge in [0.2, 0.25) is 0 Å². The molecule has 18 heavy (non-hydrogen) atoms. The van der Waals surface area contributed by atoms with Crippen LogP contribution in [0.2, 0.25) is 0 Å². The van der Waals surface area contributed by atoms with Gasteiger partial charge in [-0.25, -0.2) is 0 Å². The lowest BCUT2D eigenvalue weighted by molar-refractivity contribution is 0.0820. The molecular weight excluding hydrogens is 228 g/mol. The number of rotatable bonds is 14. The minimum atomic E-state index is 0.801. The molecule has 0 heterocycles. The van der Waals surface area contributed by atoms with Crippen LogP contribution in [0, 0.1) is 0 Å². The lowest BCUT2D eigenvalue weighted by Crippen LogP contribution is -2.32. The molecule has 0 aliphatic rings. The van der Waals surface area contributed by atoms with E-state index in [2.05, 4.69) is 4.90 Å². The van der Waals surface area contributed by atoms with Gasteiger partial charge in [-0.1, -0.05) is 12.8 Å². The molecule has 0 spiro atoms. The van der Waals surface area contributed by atoms with Crippen molar-refractivity contribution in [1.82, 2.24) is 4.90 Å². The molecule has 0 fully saturated rings. The summed E-state index contributed by atoms with van der Waals surface area (Å²) >= 11 is 0. The van der Waals surface area contributed by atoms with Crippen molar-refractivity contribution in [3.05, 3.63) is 0 Å². The summed E-state index contributed by atoms with van der Waals surface area (Å²) in [5, 5.41) is 0. The van der Waals surface area contributed by atoms with Gasteiger partial charge in [0, 0.05) is 26.3 Å². The van der Waals surface area contributed by atoms with E-state index >= 15 is 0 Å². The summed E-state index contributed by atoms with van der Waals surface area (Å²) < 4.78 is 10.8. The van der Waals surface area contributed by atoms with Crippen LogP contribution in [0.4, 0.5) is 0 Å². The van der Waals surface area contributed by atoms with E-state index in [1.165, 1.54) is 19.3 Å². The first kappa shape index (κ1) is 17.8. The van der Waals surface area contributed by atoms with E-state index in [0.717, 1.165) is 59.0 Å². The molecular formula is C14H32N2O2. The Bertz CT molecular complexity index is 147. The Balaban J connectivity index is 3.60. The molecule has 0 bridgehead atoms. The summed E-state index contributed by atoms with van der Waals surface area (Å²) in [5.74, 6) is 0. The highest BCUT2D eigenvalue weighted by molar-refractivity contribution is 4.58. The fourth-order valence-corrected chi connectivity index (χ4v) is 1.84. The maximum atomic E-state index is 5.49. The average molecular weight is 260 g/mol. The molecule has 0 rings (SSSR count). The first-order valence-corrected chi connectivity index (χ1v) is 7.43. The van der Waals surface area contributed by atoms with Crippen LogP contribution >= 0.6 is 0 Å². The second-order valence-electron chi connectivity index (χ2n) is 4.44. The zero-order valence-corrected chi connectivity index (χ0v) is 12.3. The Labute approximate surface area is 113 Å². The molecule has 0 saturated carbocycles. The minimum Gasteiger partial charge on any atom is -0.380 e. The van der Waals surface area contributed by atoms with Gasteiger partial charge < -0.3 is 15.2 Å². The highest BCUT2D eigenvalue weighted by Crippen LogP contribution is 2.01. The average Bonchev–Trinajstić information content (AvgIpc) is 2.38. The zero-order chi connectivity index (χ0) is 13.5. The zero-order valence-electron chi connectivity index (χ0n) is 12.3. The summed E-state index contributed by atoms with van der Waals surface area (Å²) in [6.45, 7) is 11.3. The summed E-state index contributed by atoms with van der Waals surface area (Å²) in [6.07, 6.45) is 4.92. The lowest BCUT2D eigenvalue weighted by Gasteiger charge is -2.22. The minimum absolute atomic E-state index is 0.801. The van der Waals surface area contributed by atoms with Crippen LogP contribution in [-0.2, 0) is 9.47 Å². The quantitative estimate of drug-likeness (QED) is 0.484. The van der Waals surface area contributed by atoms with Gasteiger partial charge in [-0.2, -0.15) is 0 Å². The Morgan fingerprint density at radius 1 is 0.778 bits per heavy atom. The predicted molar refractivity (Wildman–Crippen MR) is 76.9 cm³/mol. The third-order valence-electron chi connectivity index (χ3n) is 2.94. The van der Waals surface area contributed by atoms with Crippen LogP contribution in [0.1, 0.15) is 39.5 Å². The standard InChI is InChI=1S/C14H32N2O2/c1-3-17-13-11-16(12-14-18-4-2)10-8-6-5-7-9-15/h3-15H2,1-2H3. The van der Waals surface area contributed by atoms with E-state index in [-0.39, 0.29) is 0 Å². The van der Waals surface area contributed by atoms with Crippen molar-refractivity contribution in [3.63, 3.8) is 0 Å². The van der Waals surface area contributed by atoms with Gasteiger partial charge in [0.15, 0.2) is 0 Å². The Kier molecular flexibility index (Phi) is 14.8. The van der Waals surface area contributed by atoms with Crippen LogP contribution in [0.25, 0.3) is 0 Å². The fraction of sp³-hybridized carbons (Fsp3) is 1.00. The molecule has 110 valence electrons. The largest absolute Gasteiger partial charge is 0.380 e. The van der Waals surface area contributed by atoms with E-state index in [1.807, 2.05) is 13.8 Å². The van der Waals surface area contributed by atoms with Crippen LogP contribution < -0.4 is 5.73 Å². The van der Waals surface area contributed by atoms with Gasteiger partial charge in [0.05, 0.1) is 13.2 Å². The van der Waals surface area contributed by atoms with Crippen molar-refractivity contribution in [2.24, 2.45) is 5.73 Å². The highest BCUT2D eigenvalue weighted by Gasteiger charge is 2.04. The lowest BCUT2D eigenvalue weighted by atomic mass is 10.2. The molecule has 0 radical (unpaired) electrons. The normalized spacial score (nSPS) is 11.3. The molecule has 0 amide bonds. The highest BCUT2D eigenvalue weighted by atomic mass is 16.5. The van der Waals surface area contributed by atoms with Crippen LogP contribution in [-0.4, -0.2) is 57.5 Å². The van der Waals surface area contributed by atoms with Gasteiger partial charge in [-0.3, -0.25) is 4.90 Å². The maximum Gasteiger partial charge on any atom is 0.0593 e. The maximum absolute atomic E-state index is 5.49. The Morgan fingerprint density at radius 2 is 1.33 bits per heavy atom. The van der Waals surface area contributed by atoms with Crippen molar-refractivity contribution in [1.29, 1.82) is 0 Å². The summed E-state index contributed by atoms with van der Waals surface area (Å²) in [7, 11) is 0. The van der Waals surface area contributed by atoms with Crippen molar-refractivity contribution >= 4 is 0 Å². The summed E-state index contributed by atoms with van der Waals surface area (Å²) in [4.78, 5) is 2.44. The van der Waals surface area contributed by atoms with Gasteiger partial charge in [-0.15, -0.1) is 0 Å². The molecule has 2 N–H and O–H groups in total. The second-order valence-corrected chi connectivity index (χ2v) is 4.44. The topological polar surface area (TPSA) is 47.7 Å². The van der Waals surface area contributed by atoms with Crippen LogP contribution in [0.3, 0.4) is 0 Å². The van der Waals surface area contributed by atoms with E-state index in [4.69, 9.17) is 15.2 Å². The molecule has 0 aliphatic carbocycles. The molecule has 0 aliphatic heterocycles. The number of nitrogens with two attached hydrogens (primary N) is 1. The molecule has 0 aromatic heterocycles. The smallest absolute Gasteiger partial charge is 0.0593 e. The van der Waals surface area contributed by atoms with E-state index < -0.39 is 0 Å². The van der Waals surface area contributed by atoms with Crippen molar-refractivity contribution < 1.29 is 9.47 Å². The van der Waals surface area contributed by atoms with Crippen molar-refractivity contribution in [2.45, 2.75) is 39.5 Å². The first-order chi connectivity index (χ1) is 8.85. The van der Waals surface area contributed by atoms with E-state index in [1.54, 1.807) is 0 Å². The fourth-order valence-electron chi connectivity index (χ4n) is 1.84. The van der Waals surface area contributed by atoms with Gasteiger partial charge >= 0.3 is 0 Å². The molecule has 4 heteroatoms. The van der Waals surface area contributed by atoms with E-state index in [0.29, 0.717) is 0 Å².